The third-order valence-electron chi connectivity index (χ3n) is 4.63. The summed E-state index contributed by atoms with van der Waals surface area (Å²) in [5.74, 6) is 1.12. The Labute approximate surface area is 142 Å². The van der Waals surface area contributed by atoms with E-state index >= 15 is 0 Å². The van der Waals surface area contributed by atoms with Crippen molar-refractivity contribution in [2.75, 3.05) is 7.11 Å². The second kappa shape index (κ2) is 5.73. The van der Waals surface area contributed by atoms with Gasteiger partial charge in [0.15, 0.2) is 0 Å². The summed E-state index contributed by atoms with van der Waals surface area (Å²) in [7, 11) is 3.58. The molecule has 25 heavy (non-hydrogen) atoms. The van der Waals surface area contributed by atoms with Gasteiger partial charge in [-0.1, -0.05) is 0 Å². The van der Waals surface area contributed by atoms with E-state index in [1.165, 1.54) is 11.9 Å². The Morgan fingerprint density at radius 1 is 1.28 bits per heavy atom. The fraction of sp³-hybridized carbons (Fsp3) is 0.294. The fourth-order valence-electron chi connectivity index (χ4n) is 3.28. The van der Waals surface area contributed by atoms with Gasteiger partial charge in [0.25, 0.3) is 5.56 Å². The quantitative estimate of drug-likeness (QED) is 0.741. The lowest BCUT2D eigenvalue weighted by Gasteiger charge is -2.09. The van der Waals surface area contributed by atoms with Gasteiger partial charge in [-0.2, -0.15) is 0 Å². The van der Waals surface area contributed by atoms with Crippen LogP contribution in [0.2, 0.25) is 0 Å². The van der Waals surface area contributed by atoms with Gasteiger partial charge in [-0.05, 0) is 30.5 Å². The van der Waals surface area contributed by atoms with Gasteiger partial charge in [0.2, 0.25) is 5.88 Å². The van der Waals surface area contributed by atoms with E-state index in [0.29, 0.717) is 17.5 Å². The lowest BCUT2D eigenvalue weighted by Crippen LogP contribution is -2.23. The van der Waals surface area contributed by atoms with Crippen LogP contribution in [-0.2, 0) is 7.05 Å². The monoisotopic (exact) mass is 339 g/mol. The van der Waals surface area contributed by atoms with Crippen molar-refractivity contribution in [3.63, 3.8) is 0 Å². The predicted molar refractivity (Wildman–Crippen MR) is 90.8 cm³/mol. The average molecular weight is 339 g/mol. The van der Waals surface area contributed by atoms with Crippen molar-refractivity contribution in [2.24, 2.45) is 7.05 Å². The number of aryl methyl sites for hydroxylation is 1. The molecule has 2 N–H and O–H groups in total. The molecule has 128 valence electrons. The highest BCUT2D eigenvalue weighted by molar-refractivity contribution is 5.58. The van der Waals surface area contributed by atoms with Crippen LogP contribution in [0.1, 0.15) is 29.5 Å². The van der Waals surface area contributed by atoms with Gasteiger partial charge in [0.05, 0.1) is 12.7 Å². The molecule has 8 nitrogen and oxygen atoms in total. The molecule has 1 fully saturated rings. The van der Waals surface area contributed by atoms with E-state index < -0.39 is 11.2 Å². The summed E-state index contributed by atoms with van der Waals surface area (Å²) in [6.07, 6.45) is 4.36. The van der Waals surface area contributed by atoms with Crippen LogP contribution in [0.25, 0.3) is 11.3 Å². The Hall–Kier alpha value is -3.16. The van der Waals surface area contributed by atoms with E-state index in [0.717, 1.165) is 12.0 Å². The molecule has 1 unspecified atom stereocenters. The highest BCUT2D eigenvalue weighted by atomic mass is 16.5. The first-order chi connectivity index (χ1) is 12.1. The molecule has 0 amide bonds. The van der Waals surface area contributed by atoms with Crippen LogP contribution in [0.15, 0.2) is 40.2 Å². The first-order valence-electron chi connectivity index (χ1n) is 7.93. The van der Waals surface area contributed by atoms with E-state index in [9.17, 15) is 9.59 Å². The van der Waals surface area contributed by atoms with Gasteiger partial charge in [0.1, 0.15) is 5.69 Å². The van der Waals surface area contributed by atoms with Crippen molar-refractivity contribution in [1.82, 2.24) is 24.7 Å². The Kier molecular flexibility index (Phi) is 3.52. The van der Waals surface area contributed by atoms with Crippen LogP contribution < -0.4 is 16.0 Å². The molecule has 3 heterocycles. The zero-order valence-electron chi connectivity index (χ0n) is 13.8. The summed E-state index contributed by atoms with van der Waals surface area (Å²) in [6.45, 7) is 0. The first kappa shape index (κ1) is 15.4. The molecule has 0 radical (unpaired) electrons. The van der Waals surface area contributed by atoms with Crippen molar-refractivity contribution < 1.29 is 4.74 Å². The number of rotatable bonds is 4. The molecule has 0 aromatic carbocycles. The highest BCUT2D eigenvalue weighted by Crippen LogP contribution is 2.56. The van der Waals surface area contributed by atoms with Crippen molar-refractivity contribution in [3.05, 3.63) is 62.7 Å². The molecule has 3 aromatic rings. The SMILES string of the molecule is COc1nnc(-c2c[nH]c(=O)[nH]c2=O)cc1C1C[C@@H]1c1cccn1C. The normalized spacial score (nSPS) is 19.0. The molecule has 2 atom stereocenters. The van der Waals surface area contributed by atoms with Crippen LogP contribution in [0.3, 0.4) is 0 Å². The standard InChI is InChI=1S/C17H17N5O3/c1-22-5-3-4-14(22)10-6-9(10)11-7-13(20-21-16(11)25-2)12-8-18-17(24)19-15(12)23/h3-5,7-10H,6H2,1-2H3,(H2,18,19,23,24)/t9?,10-/m0/s1. The van der Waals surface area contributed by atoms with Crippen LogP contribution in [0.4, 0.5) is 0 Å². The Morgan fingerprint density at radius 3 is 2.80 bits per heavy atom. The zero-order valence-corrected chi connectivity index (χ0v) is 13.8. The highest BCUT2D eigenvalue weighted by Gasteiger charge is 2.43. The summed E-state index contributed by atoms with van der Waals surface area (Å²) in [5.41, 5.74) is 1.81. The van der Waals surface area contributed by atoms with Crippen LogP contribution in [0, 0.1) is 0 Å². The number of nitrogens with zero attached hydrogens (tertiary/aromatic N) is 3. The number of methoxy groups -OCH3 is 1. The molecule has 0 saturated heterocycles. The molecular weight excluding hydrogens is 322 g/mol. The summed E-state index contributed by atoms with van der Waals surface area (Å²) in [6, 6.07) is 5.96. The second-order valence-corrected chi connectivity index (χ2v) is 6.17. The Morgan fingerprint density at radius 2 is 2.12 bits per heavy atom. The summed E-state index contributed by atoms with van der Waals surface area (Å²) in [4.78, 5) is 27.9. The van der Waals surface area contributed by atoms with Crippen molar-refractivity contribution in [3.8, 4) is 17.1 Å². The molecular formula is C17H17N5O3. The lowest BCUT2D eigenvalue weighted by atomic mass is 10.1. The van der Waals surface area contributed by atoms with Gasteiger partial charge < -0.3 is 14.3 Å². The molecule has 0 spiro atoms. The number of hydrogen-bond acceptors (Lipinski definition) is 5. The minimum atomic E-state index is -0.554. The maximum Gasteiger partial charge on any atom is 0.325 e. The number of ether oxygens (including phenoxy) is 1. The maximum absolute atomic E-state index is 12.0. The van der Waals surface area contributed by atoms with Gasteiger partial charge in [0, 0.05) is 36.6 Å². The van der Waals surface area contributed by atoms with Crippen LogP contribution >= 0.6 is 0 Å². The van der Waals surface area contributed by atoms with E-state index in [2.05, 4.69) is 30.8 Å². The molecule has 0 bridgehead atoms. The molecule has 3 aromatic heterocycles. The number of nitrogens with one attached hydrogen (secondary N) is 2. The number of H-pyrrole nitrogens is 2. The molecule has 8 heteroatoms. The number of aromatic nitrogens is 5. The Balaban J connectivity index is 1.74. The van der Waals surface area contributed by atoms with Crippen LogP contribution in [0.5, 0.6) is 5.88 Å². The molecule has 4 rings (SSSR count). The van der Waals surface area contributed by atoms with E-state index in [1.54, 1.807) is 7.11 Å². The predicted octanol–water partition coefficient (Wildman–Crippen LogP) is 1.14. The smallest absolute Gasteiger partial charge is 0.325 e. The van der Waals surface area contributed by atoms with Crippen LogP contribution in [-0.4, -0.2) is 31.8 Å². The molecule has 1 saturated carbocycles. The largest absolute Gasteiger partial charge is 0.480 e. The first-order valence-corrected chi connectivity index (χ1v) is 7.93. The fourth-order valence-corrected chi connectivity index (χ4v) is 3.28. The summed E-state index contributed by atoms with van der Waals surface area (Å²) >= 11 is 0. The number of hydrogen-bond donors (Lipinski definition) is 2. The van der Waals surface area contributed by atoms with Gasteiger partial charge in [-0.15, -0.1) is 10.2 Å². The molecule has 0 aliphatic heterocycles. The average Bonchev–Trinajstić information content (AvgIpc) is 3.27. The van der Waals surface area contributed by atoms with Gasteiger partial charge in [-0.3, -0.25) is 9.78 Å². The minimum absolute atomic E-state index is 0.264. The topological polar surface area (TPSA) is 106 Å². The van der Waals surface area contributed by atoms with E-state index in [4.69, 9.17) is 4.74 Å². The summed E-state index contributed by atoms with van der Waals surface area (Å²) < 4.78 is 7.47. The second-order valence-electron chi connectivity index (χ2n) is 6.17. The third kappa shape index (κ3) is 2.65. The van der Waals surface area contributed by atoms with E-state index in [-0.39, 0.29) is 11.5 Å². The van der Waals surface area contributed by atoms with Gasteiger partial charge in [-0.25, -0.2) is 4.79 Å². The van der Waals surface area contributed by atoms with Crippen molar-refractivity contribution in [2.45, 2.75) is 18.3 Å². The number of aromatic amines is 2. The Bertz CT molecular complexity index is 1050. The lowest BCUT2D eigenvalue weighted by molar-refractivity contribution is 0.386. The molecule has 1 aliphatic rings. The molecule has 1 aliphatic carbocycles. The van der Waals surface area contributed by atoms with Crippen molar-refractivity contribution >= 4 is 0 Å². The minimum Gasteiger partial charge on any atom is -0.480 e. The zero-order chi connectivity index (χ0) is 17.6. The van der Waals surface area contributed by atoms with Gasteiger partial charge >= 0.3 is 5.69 Å². The third-order valence-corrected chi connectivity index (χ3v) is 4.63. The summed E-state index contributed by atoms with van der Waals surface area (Å²) in [5, 5.41) is 8.18. The van der Waals surface area contributed by atoms with E-state index in [1.807, 2.05) is 25.4 Å². The maximum atomic E-state index is 12.0. The van der Waals surface area contributed by atoms with Crippen molar-refractivity contribution in [1.29, 1.82) is 0 Å².